The molecule has 0 amide bonds. The molecule has 1 aliphatic carbocycles. The molecule has 4 nitrogen and oxygen atoms in total. The van der Waals surface area contributed by atoms with Gasteiger partial charge in [-0.05, 0) is 31.2 Å². The number of fused-ring (bicyclic) bond motifs is 1. The zero-order valence-electron chi connectivity index (χ0n) is 12.9. The van der Waals surface area contributed by atoms with Gasteiger partial charge in [-0.15, -0.1) is 0 Å². The molecule has 3 fully saturated rings. The van der Waals surface area contributed by atoms with E-state index in [-0.39, 0.29) is 0 Å². The smallest absolute Gasteiger partial charge is 0.0947 e. The van der Waals surface area contributed by atoms with Gasteiger partial charge < -0.3 is 14.1 Å². The predicted octanol–water partition coefficient (Wildman–Crippen LogP) is 2.21. The Balaban J connectivity index is 1.45. The van der Waals surface area contributed by atoms with Crippen LogP contribution < -0.4 is 0 Å². The first-order valence-electron chi connectivity index (χ1n) is 8.34. The zero-order valence-corrected chi connectivity index (χ0v) is 12.9. The maximum absolute atomic E-state index is 5.79. The van der Waals surface area contributed by atoms with Crippen LogP contribution in [-0.2, 0) is 11.3 Å². The van der Waals surface area contributed by atoms with Gasteiger partial charge in [0.15, 0.2) is 0 Å². The minimum Gasteiger partial charge on any atom is -0.472 e. The van der Waals surface area contributed by atoms with Crippen molar-refractivity contribution < 1.29 is 9.15 Å². The number of likely N-dealkylation sites (tertiary alicyclic amines) is 2. The van der Waals surface area contributed by atoms with Crippen molar-refractivity contribution in [1.82, 2.24) is 9.80 Å². The minimum atomic E-state index is 0.444. The summed E-state index contributed by atoms with van der Waals surface area (Å²) in [6.45, 7) is 5.91. The van der Waals surface area contributed by atoms with Gasteiger partial charge in [-0.2, -0.15) is 0 Å². The molecule has 3 heterocycles. The van der Waals surface area contributed by atoms with Crippen molar-refractivity contribution in [3.63, 3.8) is 0 Å². The molecule has 21 heavy (non-hydrogen) atoms. The standard InChI is InChI=1S/C17H26N2O2/c1-20-17-4-6-19(9-14-5-7-21-12-14)16-11-18(10-15(16)17)8-13-2-3-13/h5,7,12-13,15-17H,2-4,6,8-11H2,1H3/t15-,16+,17-/m0/s1. The average molecular weight is 290 g/mol. The average Bonchev–Trinajstić information content (AvgIpc) is 2.99. The minimum absolute atomic E-state index is 0.444. The summed E-state index contributed by atoms with van der Waals surface area (Å²) in [5, 5.41) is 0. The first kappa shape index (κ1) is 13.8. The highest BCUT2D eigenvalue weighted by Crippen LogP contribution is 2.36. The van der Waals surface area contributed by atoms with Gasteiger partial charge in [0.25, 0.3) is 0 Å². The van der Waals surface area contributed by atoms with Gasteiger partial charge >= 0.3 is 0 Å². The Labute approximate surface area is 127 Å². The van der Waals surface area contributed by atoms with Crippen LogP contribution in [0.4, 0.5) is 0 Å². The van der Waals surface area contributed by atoms with Crippen molar-refractivity contribution in [1.29, 1.82) is 0 Å². The molecule has 2 aliphatic heterocycles. The fourth-order valence-electron chi connectivity index (χ4n) is 4.24. The van der Waals surface area contributed by atoms with Crippen molar-refractivity contribution in [2.24, 2.45) is 11.8 Å². The second-order valence-corrected chi connectivity index (χ2v) is 7.06. The van der Waals surface area contributed by atoms with Crippen molar-refractivity contribution in [2.75, 3.05) is 33.3 Å². The Morgan fingerprint density at radius 3 is 2.90 bits per heavy atom. The van der Waals surface area contributed by atoms with Crippen LogP contribution in [0.1, 0.15) is 24.8 Å². The summed E-state index contributed by atoms with van der Waals surface area (Å²) in [4.78, 5) is 5.34. The molecule has 3 atom stereocenters. The zero-order chi connectivity index (χ0) is 14.2. The SMILES string of the molecule is CO[C@H]1CCN(Cc2ccoc2)[C@@H]2CN(CC3CC3)C[C@H]12. The lowest BCUT2D eigenvalue weighted by atomic mass is 9.89. The van der Waals surface area contributed by atoms with E-state index in [1.54, 1.807) is 6.26 Å². The van der Waals surface area contributed by atoms with E-state index in [0.717, 1.165) is 25.4 Å². The molecule has 0 aromatic carbocycles. The maximum atomic E-state index is 5.79. The van der Waals surface area contributed by atoms with Crippen molar-refractivity contribution >= 4 is 0 Å². The van der Waals surface area contributed by atoms with Crippen molar-refractivity contribution in [3.05, 3.63) is 24.2 Å². The monoisotopic (exact) mass is 290 g/mol. The molecule has 1 aromatic rings. The molecular formula is C17H26N2O2. The van der Waals surface area contributed by atoms with Crippen LogP contribution in [0.15, 0.2) is 23.0 Å². The normalized spacial score (nSPS) is 34.2. The molecule has 4 heteroatoms. The molecule has 1 aromatic heterocycles. The lowest BCUT2D eigenvalue weighted by Crippen LogP contribution is -2.50. The number of ether oxygens (including phenoxy) is 1. The largest absolute Gasteiger partial charge is 0.472 e. The predicted molar refractivity (Wildman–Crippen MR) is 81.0 cm³/mol. The Morgan fingerprint density at radius 2 is 2.19 bits per heavy atom. The van der Waals surface area contributed by atoms with Gasteiger partial charge in [0.2, 0.25) is 0 Å². The van der Waals surface area contributed by atoms with Crippen LogP contribution in [0.2, 0.25) is 0 Å². The number of nitrogens with zero attached hydrogens (tertiary/aromatic N) is 2. The van der Waals surface area contributed by atoms with Crippen molar-refractivity contribution in [2.45, 2.75) is 38.0 Å². The van der Waals surface area contributed by atoms with Crippen LogP contribution in [0, 0.1) is 11.8 Å². The number of piperidine rings is 1. The Morgan fingerprint density at radius 1 is 1.29 bits per heavy atom. The summed E-state index contributed by atoms with van der Waals surface area (Å²) < 4.78 is 11.0. The molecule has 1 saturated carbocycles. The summed E-state index contributed by atoms with van der Waals surface area (Å²) in [6, 6.07) is 2.74. The number of methoxy groups -OCH3 is 1. The topological polar surface area (TPSA) is 28.9 Å². The van der Waals surface area contributed by atoms with Gasteiger partial charge in [-0.25, -0.2) is 0 Å². The first-order valence-corrected chi connectivity index (χ1v) is 8.34. The fourth-order valence-corrected chi connectivity index (χ4v) is 4.24. The Hall–Kier alpha value is -0.840. The summed E-state index contributed by atoms with van der Waals surface area (Å²) in [6.07, 6.45) is 8.15. The highest BCUT2D eigenvalue weighted by Gasteiger charge is 2.45. The number of hydrogen-bond donors (Lipinski definition) is 0. The lowest BCUT2D eigenvalue weighted by molar-refractivity contribution is -0.0245. The molecule has 0 spiro atoms. The molecular weight excluding hydrogens is 264 g/mol. The van der Waals surface area contributed by atoms with E-state index in [1.165, 1.54) is 38.0 Å². The molecule has 0 N–H and O–H groups in total. The van der Waals surface area contributed by atoms with Gasteiger partial charge in [-0.3, -0.25) is 4.90 Å². The van der Waals surface area contributed by atoms with Crippen LogP contribution in [0.3, 0.4) is 0 Å². The molecule has 0 radical (unpaired) electrons. The third kappa shape index (κ3) is 2.89. The molecule has 2 saturated heterocycles. The third-order valence-corrected chi connectivity index (χ3v) is 5.54. The Bertz CT molecular complexity index is 457. The molecule has 0 bridgehead atoms. The van der Waals surface area contributed by atoms with Crippen LogP contribution in [0.5, 0.6) is 0 Å². The Kier molecular flexibility index (Phi) is 3.78. The second kappa shape index (κ2) is 5.75. The van der Waals surface area contributed by atoms with E-state index in [9.17, 15) is 0 Å². The quantitative estimate of drug-likeness (QED) is 0.831. The molecule has 3 aliphatic rings. The third-order valence-electron chi connectivity index (χ3n) is 5.54. The summed E-state index contributed by atoms with van der Waals surface area (Å²) in [5.74, 6) is 1.66. The highest BCUT2D eigenvalue weighted by molar-refractivity contribution is 5.08. The molecule has 4 rings (SSSR count). The summed E-state index contributed by atoms with van der Waals surface area (Å²) in [7, 11) is 1.89. The van der Waals surface area contributed by atoms with Crippen LogP contribution >= 0.6 is 0 Å². The highest BCUT2D eigenvalue weighted by atomic mass is 16.5. The fraction of sp³-hybridized carbons (Fsp3) is 0.765. The van der Waals surface area contributed by atoms with E-state index in [0.29, 0.717) is 18.1 Å². The van der Waals surface area contributed by atoms with Gasteiger partial charge in [0, 0.05) is 57.4 Å². The van der Waals surface area contributed by atoms with Crippen molar-refractivity contribution in [3.8, 4) is 0 Å². The van der Waals surface area contributed by atoms with Gasteiger partial charge in [0.1, 0.15) is 0 Å². The summed E-state index contributed by atoms with van der Waals surface area (Å²) in [5.41, 5.74) is 1.30. The second-order valence-electron chi connectivity index (χ2n) is 7.06. The van der Waals surface area contributed by atoms with E-state index >= 15 is 0 Å². The number of rotatable bonds is 5. The van der Waals surface area contributed by atoms with E-state index in [2.05, 4.69) is 15.9 Å². The van der Waals surface area contributed by atoms with Gasteiger partial charge in [0.05, 0.1) is 18.6 Å². The van der Waals surface area contributed by atoms with Crippen LogP contribution in [-0.4, -0.2) is 55.2 Å². The summed E-state index contributed by atoms with van der Waals surface area (Å²) >= 11 is 0. The first-order chi connectivity index (χ1) is 10.3. The number of hydrogen-bond acceptors (Lipinski definition) is 4. The maximum Gasteiger partial charge on any atom is 0.0947 e. The lowest BCUT2D eigenvalue weighted by Gasteiger charge is -2.41. The van der Waals surface area contributed by atoms with E-state index in [1.807, 2.05) is 13.4 Å². The number of furan rings is 1. The van der Waals surface area contributed by atoms with Crippen LogP contribution in [0.25, 0.3) is 0 Å². The molecule has 116 valence electrons. The van der Waals surface area contributed by atoms with E-state index < -0.39 is 0 Å². The van der Waals surface area contributed by atoms with E-state index in [4.69, 9.17) is 9.15 Å². The van der Waals surface area contributed by atoms with Gasteiger partial charge in [-0.1, -0.05) is 0 Å². The molecule has 0 unspecified atom stereocenters.